The topological polar surface area (TPSA) is 101 Å². The monoisotopic (exact) mass is 435 g/mol. The summed E-state index contributed by atoms with van der Waals surface area (Å²) in [6.07, 6.45) is 6.82. The maximum absolute atomic E-state index is 11.5. The minimum absolute atomic E-state index is 0.301. The van der Waals surface area contributed by atoms with Gasteiger partial charge in [0.1, 0.15) is 0 Å². The van der Waals surface area contributed by atoms with E-state index in [-0.39, 0.29) is 0 Å². The lowest BCUT2D eigenvalue weighted by Crippen LogP contribution is -2.04. The van der Waals surface area contributed by atoms with Crippen molar-refractivity contribution in [3.8, 4) is 11.1 Å². The van der Waals surface area contributed by atoms with E-state index in [2.05, 4.69) is 40.6 Å². The third kappa shape index (κ3) is 5.00. The number of rotatable bonds is 3. The fraction of sp³-hybridized carbons (Fsp3) is 0.235. The van der Waals surface area contributed by atoms with E-state index in [9.17, 15) is 9.59 Å². The Labute approximate surface area is 164 Å². The molecule has 0 unspecified atom stereocenters. The van der Waals surface area contributed by atoms with Crippen molar-refractivity contribution < 1.29 is 19.1 Å². The van der Waals surface area contributed by atoms with E-state index in [1.165, 1.54) is 18.9 Å². The SMILES string of the molecule is COC(=O)c1nn(C)cc1-c1cccnc1.COC(=O)c1nn(C)cc1Br. The molecule has 0 aliphatic carbocycles. The van der Waals surface area contributed by atoms with Crippen LogP contribution in [0.15, 0.2) is 41.4 Å². The van der Waals surface area contributed by atoms with Crippen molar-refractivity contribution in [1.82, 2.24) is 24.5 Å². The van der Waals surface area contributed by atoms with Crippen molar-refractivity contribution >= 4 is 27.9 Å². The molecule has 0 saturated carbocycles. The molecule has 0 amide bonds. The van der Waals surface area contributed by atoms with Gasteiger partial charge in [-0.1, -0.05) is 6.07 Å². The maximum atomic E-state index is 11.5. The molecular formula is C17H18BrN5O4. The Bertz CT molecular complexity index is 936. The summed E-state index contributed by atoms with van der Waals surface area (Å²) in [6.45, 7) is 0. The molecule has 142 valence electrons. The number of pyridine rings is 1. The first-order chi connectivity index (χ1) is 12.9. The van der Waals surface area contributed by atoms with Gasteiger partial charge in [-0.05, 0) is 22.0 Å². The number of carbonyl (C=O) groups excluding carboxylic acids is 2. The molecule has 3 rings (SSSR count). The molecular weight excluding hydrogens is 418 g/mol. The minimum Gasteiger partial charge on any atom is -0.464 e. The van der Waals surface area contributed by atoms with Crippen LogP contribution in [0.3, 0.4) is 0 Å². The van der Waals surface area contributed by atoms with Crippen LogP contribution in [0.25, 0.3) is 11.1 Å². The number of nitrogens with zero attached hydrogens (tertiary/aromatic N) is 5. The van der Waals surface area contributed by atoms with Crippen LogP contribution < -0.4 is 0 Å². The van der Waals surface area contributed by atoms with Gasteiger partial charge in [0.15, 0.2) is 11.4 Å². The number of esters is 2. The van der Waals surface area contributed by atoms with E-state index < -0.39 is 11.9 Å². The summed E-state index contributed by atoms with van der Waals surface area (Å²) >= 11 is 3.17. The maximum Gasteiger partial charge on any atom is 0.359 e. The Morgan fingerprint density at radius 3 is 2.11 bits per heavy atom. The van der Waals surface area contributed by atoms with Gasteiger partial charge < -0.3 is 9.47 Å². The molecule has 0 saturated heterocycles. The molecule has 0 atom stereocenters. The van der Waals surface area contributed by atoms with Crippen LogP contribution in [0.1, 0.15) is 21.0 Å². The van der Waals surface area contributed by atoms with Crippen molar-refractivity contribution in [2.24, 2.45) is 14.1 Å². The molecule has 0 bridgehead atoms. The average molecular weight is 436 g/mol. The third-order valence-corrected chi connectivity index (χ3v) is 3.92. The Hall–Kier alpha value is -3.01. The highest BCUT2D eigenvalue weighted by molar-refractivity contribution is 9.10. The Morgan fingerprint density at radius 2 is 1.59 bits per heavy atom. The molecule has 0 aromatic carbocycles. The molecule has 0 radical (unpaired) electrons. The second kappa shape index (κ2) is 9.08. The Kier molecular flexibility index (Phi) is 6.83. The van der Waals surface area contributed by atoms with Crippen LogP contribution in [-0.2, 0) is 23.6 Å². The lowest BCUT2D eigenvalue weighted by Gasteiger charge is -1.99. The Balaban J connectivity index is 0.000000208. The molecule has 9 nitrogen and oxygen atoms in total. The zero-order valence-corrected chi connectivity index (χ0v) is 16.8. The number of aryl methyl sites for hydroxylation is 2. The van der Waals surface area contributed by atoms with E-state index >= 15 is 0 Å². The molecule has 0 aliphatic heterocycles. The number of halogens is 1. The summed E-state index contributed by atoms with van der Waals surface area (Å²) < 4.78 is 12.9. The molecule has 10 heteroatoms. The van der Waals surface area contributed by atoms with Crippen molar-refractivity contribution in [2.75, 3.05) is 14.2 Å². The number of aromatic nitrogens is 5. The normalized spacial score (nSPS) is 9.96. The summed E-state index contributed by atoms with van der Waals surface area (Å²) in [5.41, 5.74) is 2.17. The first kappa shape index (κ1) is 20.3. The van der Waals surface area contributed by atoms with Gasteiger partial charge in [0.05, 0.1) is 18.7 Å². The van der Waals surface area contributed by atoms with Gasteiger partial charge in [0.25, 0.3) is 0 Å². The van der Waals surface area contributed by atoms with Gasteiger partial charge in [0.2, 0.25) is 0 Å². The number of hydrogen-bond donors (Lipinski definition) is 0. The van der Waals surface area contributed by atoms with Crippen molar-refractivity contribution in [3.05, 3.63) is 52.8 Å². The van der Waals surface area contributed by atoms with E-state index in [1.807, 2.05) is 12.1 Å². The van der Waals surface area contributed by atoms with Gasteiger partial charge in [-0.2, -0.15) is 10.2 Å². The van der Waals surface area contributed by atoms with E-state index in [4.69, 9.17) is 0 Å². The fourth-order valence-corrected chi connectivity index (χ4v) is 2.70. The van der Waals surface area contributed by atoms with Gasteiger partial charge >= 0.3 is 11.9 Å². The predicted molar refractivity (Wildman–Crippen MR) is 100 cm³/mol. The zero-order valence-electron chi connectivity index (χ0n) is 15.2. The molecule has 0 fully saturated rings. The van der Waals surface area contributed by atoms with Crippen LogP contribution in [0, 0.1) is 0 Å². The summed E-state index contributed by atoms with van der Waals surface area (Å²) in [5.74, 6) is -0.878. The number of carbonyl (C=O) groups is 2. The zero-order chi connectivity index (χ0) is 20.0. The first-order valence-electron chi connectivity index (χ1n) is 7.67. The largest absolute Gasteiger partial charge is 0.464 e. The van der Waals surface area contributed by atoms with Crippen LogP contribution in [-0.4, -0.2) is 50.7 Å². The minimum atomic E-state index is -0.445. The first-order valence-corrected chi connectivity index (χ1v) is 8.46. The average Bonchev–Trinajstić information content (AvgIpc) is 3.23. The number of ether oxygens (including phenoxy) is 2. The third-order valence-electron chi connectivity index (χ3n) is 3.34. The summed E-state index contributed by atoms with van der Waals surface area (Å²) in [4.78, 5) is 26.4. The quantitative estimate of drug-likeness (QED) is 0.581. The highest BCUT2D eigenvalue weighted by atomic mass is 79.9. The highest BCUT2D eigenvalue weighted by Crippen LogP contribution is 2.22. The van der Waals surface area contributed by atoms with Gasteiger partial charge in [0, 0.05) is 50.0 Å². The molecule has 3 heterocycles. The number of methoxy groups -OCH3 is 2. The van der Waals surface area contributed by atoms with Gasteiger partial charge in [-0.3, -0.25) is 14.3 Å². The van der Waals surface area contributed by atoms with Crippen LogP contribution in [0.4, 0.5) is 0 Å². The summed E-state index contributed by atoms with van der Waals surface area (Å²) in [7, 11) is 6.15. The molecule has 0 N–H and O–H groups in total. The smallest absolute Gasteiger partial charge is 0.359 e. The lowest BCUT2D eigenvalue weighted by molar-refractivity contribution is 0.0584. The number of hydrogen-bond acceptors (Lipinski definition) is 7. The highest BCUT2D eigenvalue weighted by Gasteiger charge is 2.17. The van der Waals surface area contributed by atoms with Crippen LogP contribution >= 0.6 is 15.9 Å². The lowest BCUT2D eigenvalue weighted by atomic mass is 10.1. The van der Waals surface area contributed by atoms with Gasteiger partial charge in [-0.25, -0.2) is 9.59 Å². The van der Waals surface area contributed by atoms with Crippen molar-refractivity contribution in [3.63, 3.8) is 0 Å². The molecule has 0 spiro atoms. The predicted octanol–water partition coefficient (Wildman–Crippen LogP) is 2.24. The van der Waals surface area contributed by atoms with Crippen molar-refractivity contribution in [1.29, 1.82) is 0 Å². The standard InChI is InChI=1S/C11H11N3O2.C6H7BrN2O2/c1-14-7-9(8-4-3-5-12-6-8)10(13-14)11(15)16-2;1-9-3-4(7)5(8-9)6(10)11-2/h3-7H,1-2H3;3H,1-2H3. The van der Waals surface area contributed by atoms with Crippen molar-refractivity contribution in [2.45, 2.75) is 0 Å². The second-order valence-electron chi connectivity index (χ2n) is 5.29. The summed E-state index contributed by atoms with van der Waals surface area (Å²) in [5, 5.41) is 7.95. The molecule has 0 aliphatic rings. The molecule has 3 aromatic rings. The van der Waals surface area contributed by atoms with Crippen LogP contribution in [0.5, 0.6) is 0 Å². The van der Waals surface area contributed by atoms with E-state index in [0.29, 0.717) is 15.9 Å². The van der Waals surface area contributed by atoms with E-state index in [1.54, 1.807) is 43.6 Å². The molecule has 27 heavy (non-hydrogen) atoms. The van der Waals surface area contributed by atoms with Gasteiger partial charge in [-0.15, -0.1) is 0 Å². The molecule has 3 aromatic heterocycles. The Morgan fingerprint density at radius 1 is 1.00 bits per heavy atom. The summed E-state index contributed by atoms with van der Waals surface area (Å²) in [6, 6.07) is 3.68. The second-order valence-corrected chi connectivity index (χ2v) is 6.14. The fourth-order valence-electron chi connectivity index (χ4n) is 2.16. The van der Waals surface area contributed by atoms with Crippen LogP contribution in [0.2, 0.25) is 0 Å². The van der Waals surface area contributed by atoms with E-state index in [0.717, 1.165) is 11.1 Å².